The Kier molecular flexibility index (Phi) is 3.73. The van der Waals surface area contributed by atoms with Crippen LogP contribution in [0.5, 0.6) is 0 Å². The van der Waals surface area contributed by atoms with Crippen molar-refractivity contribution in [2.75, 3.05) is 0 Å². The fourth-order valence-electron chi connectivity index (χ4n) is 2.09. The molecule has 0 amide bonds. The van der Waals surface area contributed by atoms with Crippen LogP contribution in [-0.4, -0.2) is 6.29 Å². The van der Waals surface area contributed by atoms with Crippen molar-refractivity contribution in [3.8, 4) is 0 Å². The highest BCUT2D eigenvalue weighted by molar-refractivity contribution is 7.11. The fraction of sp³-hybridized carbons (Fsp3) is 0.462. The molecule has 0 spiro atoms. The molecule has 1 nitrogen and oxygen atoms in total. The number of carbonyl (C=O) groups excluding carboxylic acids is 1. The molecule has 80 valence electrons. The number of aldehydes is 1. The van der Waals surface area contributed by atoms with Crippen LogP contribution in [-0.2, 0) is 0 Å². The molecule has 1 heterocycles. The second kappa shape index (κ2) is 5.26. The normalized spacial score (nSPS) is 17.2. The zero-order chi connectivity index (χ0) is 10.5. The minimum Gasteiger partial charge on any atom is -0.297 e. The first kappa shape index (κ1) is 10.6. The molecule has 0 aromatic carbocycles. The van der Waals surface area contributed by atoms with Crippen LogP contribution in [0.4, 0.5) is 0 Å². The lowest BCUT2D eigenvalue weighted by atomic mass is 10.0. The van der Waals surface area contributed by atoms with Gasteiger partial charge < -0.3 is 0 Å². The Morgan fingerprint density at radius 3 is 2.53 bits per heavy atom. The summed E-state index contributed by atoms with van der Waals surface area (Å²) in [4.78, 5) is 11.6. The Morgan fingerprint density at radius 1 is 1.13 bits per heavy atom. The van der Waals surface area contributed by atoms with E-state index in [0.717, 1.165) is 16.7 Å². The van der Waals surface area contributed by atoms with Gasteiger partial charge in [0.25, 0.3) is 0 Å². The first-order valence-corrected chi connectivity index (χ1v) is 6.50. The Morgan fingerprint density at radius 2 is 1.87 bits per heavy atom. The van der Waals surface area contributed by atoms with Crippen molar-refractivity contribution in [1.82, 2.24) is 0 Å². The molecule has 1 aromatic heterocycles. The third-order valence-electron chi connectivity index (χ3n) is 2.94. The Bertz CT molecular complexity index is 352. The van der Waals surface area contributed by atoms with E-state index >= 15 is 0 Å². The van der Waals surface area contributed by atoms with Crippen molar-refractivity contribution in [3.63, 3.8) is 0 Å². The van der Waals surface area contributed by atoms with E-state index < -0.39 is 0 Å². The smallest absolute Gasteiger partial charge is 0.160 e. The topological polar surface area (TPSA) is 17.1 Å². The molecule has 0 aliphatic heterocycles. The molecule has 0 radical (unpaired) electrons. The number of rotatable bonds is 2. The van der Waals surface area contributed by atoms with Crippen molar-refractivity contribution >= 4 is 23.7 Å². The van der Waals surface area contributed by atoms with E-state index in [0.29, 0.717) is 0 Å². The lowest BCUT2D eigenvalue weighted by Gasteiger charge is -2.01. The molecule has 15 heavy (non-hydrogen) atoms. The number of carbonyl (C=O) groups is 1. The lowest BCUT2D eigenvalue weighted by molar-refractivity contribution is 0.112. The third-order valence-corrected chi connectivity index (χ3v) is 3.80. The van der Waals surface area contributed by atoms with Gasteiger partial charge in [-0.3, -0.25) is 4.79 Å². The molecule has 0 unspecified atom stereocenters. The van der Waals surface area contributed by atoms with Gasteiger partial charge in [0.2, 0.25) is 0 Å². The molecule has 0 N–H and O–H groups in total. The van der Waals surface area contributed by atoms with Crippen LogP contribution < -0.4 is 0 Å². The first-order chi connectivity index (χ1) is 7.40. The fourth-order valence-corrected chi connectivity index (χ4v) is 2.77. The van der Waals surface area contributed by atoms with Crippen LogP contribution in [0.1, 0.15) is 53.8 Å². The van der Waals surface area contributed by atoms with Crippen molar-refractivity contribution in [2.24, 2.45) is 0 Å². The van der Waals surface area contributed by atoms with Crippen LogP contribution in [0.2, 0.25) is 0 Å². The molecule has 2 heteroatoms. The number of hydrogen-bond acceptors (Lipinski definition) is 2. The highest BCUT2D eigenvalue weighted by Gasteiger charge is 2.06. The molecule has 1 aromatic rings. The van der Waals surface area contributed by atoms with Gasteiger partial charge in [-0.1, -0.05) is 24.5 Å². The van der Waals surface area contributed by atoms with Gasteiger partial charge in [-0.2, -0.15) is 0 Å². The standard InChI is InChI=1S/C13H16OS/c14-10-13-12(7-8-15-13)9-11-5-3-1-2-4-6-11/h7-10H,1-6H2. The molecule has 1 aliphatic carbocycles. The van der Waals surface area contributed by atoms with Gasteiger partial charge in [0.05, 0.1) is 4.88 Å². The highest BCUT2D eigenvalue weighted by Crippen LogP contribution is 2.26. The summed E-state index contributed by atoms with van der Waals surface area (Å²) >= 11 is 1.53. The van der Waals surface area contributed by atoms with Gasteiger partial charge in [0, 0.05) is 0 Å². The zero-order valence-corrected chi connectivity index (χ0v) is 9.69. The largest absolute Gasteiger partial charge is 0.297 e. The molecule has 0 saturated heterocycles. The van der Waals surface area contributed by atoms with Crippen LogP contribution in [0.25, 0.3) is 6.08 Å². The van der Waals surface area contributed by atoms with E-state index in [-0.39, 0.29) is 0 Å². The molecular weight excluding hydrogens is 204 g/mol. The average Bonchev–Trinajstić information content (AvgIpc) is 2.53. The predicted molar refractivity (Wildman–Crippen MR) is 65.4 cm³/mol. The second-order valence-electron chi connectivity index (χ2n) is 4.07. The lowest BCUT2D eigenvalue weighted by Crippen LogP contribution is -1.83. The van der Waals surface area contributed by atoms with Crippen molar-refractivity contribution < 1.29 is 4.79 Å². The van der Waals surface area contributed by atoms with Crippen LogP contribution in [0.15, 0.2) is 17.0 Å². The summed E-state index contributed by atoms with van der Waals surface area (Å²) in [5.41, 5.74) is 2.64. The van der Waals surface area contributed by atoms with E-state index in [1.54, 1.807) is 0 Å². The quantitative estimate of drug-likeness (QED) is 0.536. The van der Waals surface area contributed by atoms with Crippen molar-refractivity contribution in [1.29, 1.82) is 0 Å². The summed E-state index contributed by atoms with van der Waals surface area (Å²) in [7, 11) is 0. The molecule has 1 fully saturated rings. The molecule has 1 saturated carbocycles. The summed E-state index contributed by atoms with van der Waals surface area (Å²) < 4.78 is 0. The first-order valence-electron chi connectivity index (χ1n) is 5.62. The number of hydrogen-bond donors (Lipinski definition) is 0. The van der Waals surface area contributed by atoms with Gasteiger partial charge in [-0.25, -0.2) is 0 Å². The van der Waals surface area contributed by atoms with Crippen LogP contribution in [0.3, 0.4) is 0 Å². The summed E-state index contributed by atoms with van der Waals surface area (Å²) in [6.07, 6.45) is 11.0. The Labute approximate surface area is 94.8 Å². The molecule has 1 aliphatic rings. The van der Waals surface area contributed by atoms with E-state index in [4.69, 9.17) is 0 Å². The monoisotopic (exact) mass is 220 g/mol. The summed E-state index contributed by atoms with van der Waals surface area (Å²) in [5, 5.41) is 1.99. The van der Waals surface area contributed by atoms with Gasteiger partial charge in [-0.05, 0) is 42.7 Å². The zero-order valence-electron chi connectivity index (χ0n) is 8.87. The maximum absolute atomic E-state index is 10.8. The second-order valence-corrected chi connectivity index (χ2v) is 5.02. The van der Waals surface area contributed by atoms with Crippen molar-refractivity contribution in [3.05, 3.63) is 27.5 Å². The van der Waals surface area contributed by atoms with Gasteiger partial charge in [0.1, 0.15) is 0 Å². The van der Waals surface area contributed by atoms with Crippen LogP contribution >= 0.6 is 11.3 Å². The minimum atomic E-state index is 0.867. The SMILES string of the molecule is O=Cc1sccc1C=C1CCCCCC1. The maximum atomic E-state index is 10.8. The van der Waals surface area contributed by atoms with Gasteiger partial charge >= 0.3 is 0 Å². The maximum Gasteiger partial charge on any atom is 0.160 e. The van der Waals surface area contributed by atoms with E-state index in [1.807, 2.05) is 11.4 Å². The minimum absolute atomic E-state index is 0.867. The molecule has 0 bridgehead atoms. The van der Waals surface area contributed by atoms with Crippen LogP contribution in [0, 0.1) is 0 Å². The Balaban J connectivity index is 2.16. The van der Waals surface area contributed by atoms with E-state index in [2.05, 4.69) is 6.08 Å². The number of allylic oxidation sites excluding steroid dienone is 1. The molecule has 0 atom stereocenters. The average molecular weight is 220 g/mol. The Hall–Kier alpha value is -0.890. The van der Waals surface area contributed by atoms with Crippen molar-refractivity contribution in [2.45, 2.75) is 38.5 Å². The number of thiophene rings is 1. The summed E-state index contributed by atoms with van der Waals surface area (Å²) in [5.74, 6) is 0. The summed E-state index contributed by atoms with van der Waals surface area (Å²) in [6.45, 7) is 0. The predicted octanol–water partition coefficient (Wildman–Crippen LogP) is 4.30. The summed E-state index contributed by atoms with van der Waals surface area (Å²) in [6, 6.07) is 2.05. The van der Waals surface area contributed by atoms with E-state index in [9.17, 15) is 4.79 Å². The molecule has 2 rings (SSSR count). The molecular formula is C13H16OS. The van der Waals surface area contributed by atoms with Gasteiger partial charge in [-0.15, -0.1) is 11.3 Å². The highest BCUT2D eigenvalue weighted by atomic mass is 32.1. The van der Waals surface area contributed by atoms with E-state index in [1.165, 1.54) is 55.4 Å². The third kappa shape index (κ3) is 2.78. The van der Waals surface area contributed by atoms with Gasteiger partial charge in [0.15, 0.2) is 6.29 Å².